The summed E-state index contributed by atoms with van der Waals surface area (Å²) in [6.07, 6.45) is 6.59. The molecule has 0 amide bonds. The predicted octanol–water partition coefficient (Wildman–Crippen LogP) is 3.19. The zero-order chi connectivity index (χ0) is 13.1. The van der Waals surface area contributed by atoms with E-state index in [1.807, 2.05) is 12.3 Å². The van der Waals surface area contributed by atoms with Crippen LogP contribution in [-0.2, 0) is 4.74 Å². The third-order valence-electron chi connectivity index (χ3n) is 3.85. The number of rotatable bonds is 3. The van der Waals surface area contributed by atoms with Crippen LogP contribution in [0.3, 0.4) is 0 Å². The molecule has 0 aliphatic carbocycles. The number of nitrogens with two attached hydrogens (primary N) is 1. The van der Waals surface area contributed by atoms with Crippen LogP contribution in [0.5, 0.6) is 0 Å². The van der Waals surface area contributed by atoms with Crippen molar-refractivity contribution in [2.24, 2.45) is 5.73 Å². The zero-order valence-electron chi connectivity index (χ0n) is 11.1. The number of benzene rings is 1. The Hall–Kier alpha value is -1.45. The summed E-state index contributed by atoms with van der Waals surface area (Å²) in [6, 6.07) is 10.3. The van der Waals surface area contributed by atoms with Gasteiger partial charge in [-0.25, -0.2) is 0 Å². The molecule has 1 aliphatic rings. The SMILES string of the molecule is NC(CC1CCCCO1)c1cccc2cccnc12. The zero-order valence-corrected chi connectivity index (χ0v) is 11.1. The van der Waals surface area contributed by atoms with Gasteiger partial charge in [-0.05, 0) is 37.3 Å². The fraction of sp³-hybridized carbons (Fsp3) is 0.438. The first-order chi connectivity index (χ1) is 9.34. The van der Waals surface area contributed by atoms with Crippen molar-refractivity contribution in [1.82, 2.24) is 4.98 Å². The summed E-state index contributed by atoms with van der Waals surface area (Å²) in [5, 5.41) is 1.15. The fourth-order valence-electron chi connectivity index (χ4n) is 2.83. The van der Waals surface area contributed by atoms with Gasteiger partial charge in [0.15, 0.2) is 0 Å². The largest absolute Gasteiger partial charge is 0.378 e. The van der Waals surface area contributed by atoms with Crippen molar-refractivity contribution < 1.29 is 4.74 Å². The molecule has 100 valence electrons. The summed E-state index contributed by atoms with van der Waals surface area (Å²) in [6.45, 7) is 0.880. The quantitative estimate of drug-likeness (QED) is 0.917. The van der Waals surface area contributed by atoms with Crippen LogP contribution < -0.4 is 5.73 Å². The van der Waals surface area contributed by atoms with Crippen LogP contribution in [0.15, 0.2) is 36.5 Å². The number of fused-ring (bicyclic) bond motifs is 1. The minimum Gasteiger partial charge on any atom is -0.378 e. The molecule has 3 heteroatoms. The molecule has 3 nitrogen and oxygen atoms in total. The van der Waals surface area contributed by atoms with Crippen molar-refractivity contribution in [3.8, 4) is 0 Å². The van der Waals surface area contributed by atoms with E-state index >= 15 is 0 Å². The molecule has 0 radical (unpaired) electrons. The van der Waals surface area contributed by atoms with Crippen molar-refractivity contribution in [2.75, 3.05) is 6.61 Å². The van der Waals surface area contributed by atoms with Crippen LogP contribution in [0.4, 0.5) is 0 Å². The van der Waals surface area contributed by atoms with E-state index < -0.39 is 0 Å². The van der Waals surface area contributed by atoms with E-state index in [0.29, 0.717) is 6.10 Å². The van der Waals surface area contributed by atoms with Gasteiger partial charge in [-0.15, -0.1) is 0 Å². The van der Waals surface area contributed by atoms with Gasteiger partial charge in [-0.1, -0.05) is 24.3 Å². The summed E-state index contributed by atoms with van der Waals surface area (Å²) in [7, 11) is 0. The van der Waals surface area contributed by atoms with E-state index in [2.05, 4.69) is 29.2 Å². The lowest BCUT2D eigenvalue weighted by atomic mass is 9.95. The molecule has 1 aliphatic heterocycles. The number of hydrogen-bond acceptors (Lipinski definition) is 3. The number of para-hydroxylation sites is 1. The molecule has 19 heavy (non-hydrogen) atoms. The molecule has 0 bridgehead atoms. The van der Waals surface area contributed by atoms with E-state index in [1.54, 1.807) is 0 Å². The lowest BCUT2D eigenvalue weighted by Crippen LogP contribution is -2.25. The molecule has 2 unspecified atom stereocenters. The van der Waals surface area contributed by atoms with Crippen molar-refractivity contribution in [3.05, 3.63) is 42.1 Å². The van der Waals surface area contributed by atoms with Crippen LogP contribution in [0, 0.1) is 0 Å². The Labute approximate surface area is 113 Å². The van der Waals surface area contributed by atoms with Gasteiger partial charge >= 0.3 is 0 Å². The first-order valence-corrected chi connectivity index (χ1v) is 7.05. The Morgan fingerprint density at radius 1 is 1.26 bits per heavy atom. The minimum atomic E-state index is 0.00157. The van der Waals surface area contributed by atoms with Crippen LogP contribution in [0.25, 0.3) is 10.9 Å². The van der Waals surface area contributed by atoms with Crippen molar-refractivity contribution in [1.29, 1.82) is 0 Å². The number of ether oxygens (including phenoxy) is 1. The Kier molecular flexibility index (Phi) is 3.76. The summed E-state index contributed by atoms with van der Waals surface area (Å²) in [5.41, 5.74) is 8.53. The van der Waals surface area contributed by atoms with Gasteiger partial charge < -0.3 is 10.5 Å². The molecule has 1 aromatic heterocycles. The maximum atomic E-state index is 6.37. The summed E-state index contributed by atoms with van der Waals surface area (Å²) < 4.78 is 5.78. The monoisotopic (exact) mass is 256 g/mol. The molecule has 0 spiro atoms. The summed E-state index contributed by atoms with van der Waals surface area (Å²) >= 11 is 0. The summed E-state index contributed by atoms with van der Waals surface area (Å²) in [4.78, 5) is 4.47. The van der Waals surface area contributed by atoms with Gasteiger partial charge in [0.05, 0.1) is 11.6 Å². The second kappa shape index (κ2) is 5.68. The van der Waals surface area contributed by atoms with Crippen molar-refractivity contribution in [2.45, 2.75) is 37.8 Å². The molecule has 2 aromatic rings. The smallest absolute Gasteiger partial charge is 0.0749 e. The van der Waals surface area contributed by atoms with Crippen LogP contribution in [0.1, 0.15) is 37.3 Å². The van der Waals surface area contributed by atoms with Gasteiger partial charge in [-0.2, -0.15) is 0 Å². The van der Waals surface area contributed by atoms with E-state index in [0.717, 1.165) is 35.9 Å². The number of nitrogens with zero attached hydrogens (tertiary/aromatic N) is 1. The lowest BCUT2D eigenvalue weighted by molar-refractivity contribution is 0.00736. The Balaban J connectivity index is 1.82. The van der Waals surface area contributed by atoms with E-state index in [4.69, 9.17) is 10.5 Å². The average molecular weight is 256 g/mol. The normalized spacial score (nSPS) is 21.4. The highest BCUT2D eigenvalue weighted by Gasteiger charge is 2.19. The fourth-order valence-corrected chi connectivity index (χ4v) is 2.83. The van der Waals surface area contributed by atoms with E-state index in [-0.39, 0.29) is 6.04 Å². The third-order valence-corrected chi connectivity index (χ3v) is 3.85. The van der Waals surface area contributed by atoms with Gasteiger partial charge in [0.1, 0.15) is 0 Å². The second-order valence-electron chi connectivity index (χ2n) is 5.25. The van der Waals surface area contributed by atoms with Crippen LogP contribution in [0.2, 0.25) is 0 Å². The highest BCUT2D eigenvalue weighted by molar-refractivity contribution is 5.81. The molecule has 3 rings (SSSR count). The lowest BCUT2D eigenvalue weighted by Gasteiger charge is -2.25. The van der Waals surface area contributed by atoms with Gasteiger partial charge in [0, 0.05) is 24.2 Å². The number of aromatic nitrogens is 1. The minimum absolute atomic E-state index is 0.00157. The first-order valence-electron chi connectivity index (χ1n) is 7.05. The van der Waals surface area contributed by atoms with Crippen molar-refractivity contribution >= 4 is 10.9 Å². The molecule has 0 saturated carbocycles. The van der Waals surface area contributed by atoms with Crippen LogP contribution >= 0.6 is 0 Å². The van der Waals surface area contributed by atoms with E-state index in [9.17, 15) is 0 Å². The van der Waals surface area contributed by atoms with Gasteiger partial charge in [0.25, 0.3) is 0 Å². The molecule has 1 saturated heterocycles. The molecule has 2 N–H and O–H groups in total. The molecule has 1 aromatic carbocycles. The molecule has 2 heterocycles. The second-order valence-corrected chi connectivity index (χ2v) is 5.25. The first kappa shape index (κ1) is 12.6. The topological polar surface area (TPSA) is 48.1 Å². The standard InChI is InChI=1S/C16H20N2O/c17-15(11-13-7-1-2-10-19-13)14-8-3-5-12-6-4-9-18-16(12)14/h3-6,8-9,13,15H,1-2,7,10-11,17H2. The maximum absolute atomic E-state index is 6.37. The molecule has 1 fully saturated rings. The van der Waals surface area contributed by atoms with Gasteiger partial charge in [-0.3, -0.25) is 4.98 Å². The average Bonchev–Trinajstić information content (AvgIpc) is 2.47. The van der Waals surface area contributed by atoms with Crippen LogP contribution in [-0.4, -0.2) is 17.7 Å². The predicted molar refractivity (Wildman–Crippen MR) is 76.9 cm³/mol. The highest BCUT2D eigenvalue weighted by Crippen LogP contribution is 2.27. The molecule has 2 atom stereocenters. The summed E-state index contributed by atoms with van der Waals surface area (Å²) in [5.74, 6) is 0. The third kappa shape index (κ3) is 2.77. The molecular formula is C16H20N2O. The maximum Gasteiger partial charge on any atom is 0.0749 e. The Bertz CT molecular complexity index is 544. The van der Waals surface area contributed by atoms with E-state index in [1.165, 1.54) is 12.8 Å². The van der Waals surface area contributed by atoms with Gasteiger partial charge in [0.2, 0.25) is 0 Å². The molecular weight excluding hydrogens is 236 g/mol. The van der Waals surface area contributed by atoms with Crippen molar-refractivity contribution in [3.63, 3.8) is 0 Å². The Morgan fingerprint density at radius 2 is 2.16 bits per heavy atom. The Morgan fingerprint density at radius 3 is 3.00 bits per heavy atom. The highest BCUT2D eigenvalue weighted by atomic mass is 16.5. The number of hydrogen-bond donors (Lipinski definition) is 1. The number of pyridine rings is 1.